The van der Waals surface area contributed by atoms with Crippen LogP contribution in [-0.4, -0.2) is 35.4 Å². The van der Waals surface area contributed by atoms with Crippen LogP contribution in [0.5, 0.6) is 0 Å². The predicted molar refractivity (Wildman–Crippen MR) is 46.8 cm³/mol. The summed E-state index contributed by atoms with van der Waals surface area (Å²) < 4.78 is 10.6. The van der Waals surface area contributed by atoms with Gasteiger partial charge in [0.2, 0.25) is 0 Å². The van der Waals surface area contributed by atoms with Crippen molar-refractivity contribution in [3.63, 3.8) is 0 Å². The Balaban J connectivity index is 2.60. The Hall–Kier alpha value is -0.940. The van der Waals surface area contributed by atoms with Gasteiger partial charge in [-0.25, -0.2) is 0 Å². The largest absolute Gasteiger partial charge is 0.481 e. The third-order valence-electron chi connectivity index (χ3n) is 1.93. The van der Waals surface area contributed by atoms with Crippen LogP contribution in [-0.2, 0) is 19.1 Å². The summed E-state index contributed by atoms with van der Waals surface area (Å²) in [5.74, 6) is -1.82. The standard InChI is InChI=1S/C9H14O5/c1-9(2)13-6(4-8(11)12)3-7(5-10)14-9/h5-7H,3-4H2,1-2H3,(H,11,12)/t6-,7+/m1/s1. The summed E-state index contributed by atoms with van der Waals surface area (Å²) in [5.41, 5.74) is 0. The third kappa shape index (κ3) is 3.08. The molecule has 1 saturated heterocycles. The Bertz CT molecular complexity index is 235. The molecule has 1 aliphatic rings. The van der Waals surface area contributed by atoms with Crippen molar-refractivity contribution in [3.8, 4) is 0 Å². The van der Waals surface area contributed by atoms with Gasteiger partial charge in [0.15, 0.2) is 5.79 Å². The molecule has 5 heteroatoms. The topological polar surface area (TPSA) is 72.8 Å². The van der Waals surface area contributed by atoms with E-state index in [1.165, 1.54) is 0 Å². The summed E-state index contributed by atoms with van der Waals surface area (Å²) in [5, 5.41) is 8.59. The fourth-order valence-corrected chi connectivity index (χ4v) is 1.55. The summed E-state index contributed by atoms with van der Waals surface area (Å²) in [6, 6.07) is 0. The molecule has 0 aromatic carbocycles. The molecule has 0 unspecified atom stereocenters. The summed E-state index contributed by atoms with van der Waals surface area (Å²) >= 11 is 0. The molecule has 0 saturated carbocycles. The van der Waals surface area contributed by atoms with E-state index in [1.54, 1.807) is 13.8 Å². The molecule has 0 radical (unpaired) electrons. The highest BCUT2D eigenvalue weighted by Crippen LogP contribution is 2.27. The van der Waals surface area contributed by atoms with Crippen molar-refractivity contribution in [2.24, 2.45) is 0 Å². The maximum Gasteiger partial charge on any atom is 0.305 e. The minimum Gasteiger partial charge on any atom is -0.481 e. The monoisotopic (exact) mass is 202 g/mol. The van der Waals surface area contributed by atoms with Gasteiger partial charge in [0, 0.05) is 6.42 Å². The maximum absolute atomic E-state index is 10.6. The van der Waals surface area contributed by atoms with Crippen LogP contribution in [0.3, 0.4) is 0 Å². The lowest BCUT2D eigenvalue weighted by Gasteiger charge is -2.38. The Labute approximate surface area is 82.0 Å². The Kier molecular flexibility index (Phi) is 3.23. The van der Waals surface area contributed by atoms with E-state index >= 15 is 0 Å². The lowest BCUT2D eigenvalue weighted by Crippen LogP contribution is -2.45. The van der Waals surface area contributed by atoms with Gasteiger partial charge in [-0.05, 0) is 13.8 Å². The number of carboxylic acid groups (broad SMARTS) is 1. The van der Waals surface area contributed by atoms with Gasteiger partial charge in [-0.2, -0.15) is 0 Å². The number of hydrogen-bond donors (Lipinski definition) is 1. The average Bonchev–Trinajstić information content (AvgIpc) is 1.99. The van der Waals surface area contributed by atoms with Gasteiger partial charge >= 0.3 is 5.97 Å². The van der Waals surface area contributed by atoms with Gasteiger partial charge < -0.3 is 19.4 Å². The highest BCUT2D eigenvalue weighted by molar-refractivity contribution is 5.67. The second-order valence-electron chi connectivity index (χ2n) is 3.77. The van der Waals surface area contributed by atoms with E-state index in [-0.39, 0.29) is 6.42 Å². The van der Waals surface area contributed by atoms with Crippen LogP contribution in [0.15, 0.2) is 0 Å². The zero-order valence-electron chi connectivity index (χ0n) is 8.23. The summed E-state index contributed by atoms with van der Waals surface area (Å²) in [6.45, 7) is 3.33. The molecule has 1 rings (SSSR count). The SMILES string of the molecule is CC1(C)O[C@@H](CC(=O)O)C[C@@H](C=O)O1. The highest BCUT2D eigenvalue weighted by atomic mass is 16.7. The number of carbonyl (C=O) groups is 2. The number of rotatable bonds is 3. The van der Waals surface area contributed by atoms with Gasteiger partial charge in [-0.15, -0.1) is 0 Å². The Morgan fingerprint density at radius 2 is 2.21 bits per heavy atom. The Morgan fingerprint density at radius 1 is 1.57 bits per heavy atom. The molecule has 1 heterocycles. The number of carboxylic acids is 1. The molecule has 0 amide bonds. The molecule has 1 aliphatic heterocycles. The molecule has 0 aromatic rings. The van der Waals surface area contributed by atoms with Crippen LogP contribution < -0.4 is 0 Å². The molecule has 1 N–H and O–H groups in total. The normalized spacial score (nSPS) is 31.0. The second-order valence-corrected chi connectivity index (χ2v) is 3.77. The van der Waals surface area contributed by atoms with Crippen LogP contribution >= 0.6 is 0 Å². The molecular weight excluding hydrogens is 188 g/mol. The molecule has 5 nitrogen and oxygen atoms in total. The van der Waals surface area contributed by atoms with Crippen molar-refractivity contribution in [2.45, 2.75) is 44.7 Å². The lowest BCUT2D eigenvalue weighted by atomic mass is 10.1. The molecular formula is C9H14O5. The van der Waals surface area contributed by atoms with Crippen LogP contribution in [0.1, 0.15) is 26.7 Å². The summed E-state index contributed by atoms with van der Waals surface area (Å²) in [4.78, 5) is 21.0. The average molecular weight is 202 g/mol. The fourth-order valence-electron chi connectivity index (χ4n) is 1.55. The van der Waals surface area contributed by atoms with Gasteiger partial charge in [0.25, 0.3) is 0 Å². The minimum atomic E-state index is -0.933. The van der Waals surface area contributed by atoms with Gasteiger partial charge in [-0.3, -0.25) is 4.79 Å². The number of ether oxygens (including phenoxy) is 2. The molecule has 0 bridgehead atoms. The van der Waals surface area contributed by atoms with Gasteiger partial charge in [0.1, 0.15) is 12.4 Å². The number of hydrogen-bond acceptors (Lipinski definition) is 4. The molecule has 0 aromatic heterocycles. The van der Waals surface area contributed by atoms with Crippen molar-refractivity contribution >= 4 is 12.3 Å². The molecule has 1 fully saturated rings. The van der Waals surface area contributed by atoms with E-state index in [9.17, 15) is 9.59 Å². The van der Waals surface area contributed by atoms with Crippen molar-refractivity contribution in [1.82, 2.24) is 0 Å². The quantitative estimate of drug-likeness (QED) is 0.677. The number of carbonyl (C=O) groups excluding carboxylic acids is 1. The molecule has 80 valence electrons. The fraction of sp³-hybridized carbons (Fsp3) is 0.778. The van der Waals surface area contributed by atoms with Crippen LogP contribution in [0.2, 0.25) is 0 Å². The van der Waals surface area contributed by atoms with E-state index in [1.807, 2.05) is 0 Å². The summed E-state index contributed by atoms with van der Waals surface area (Å²) in [6.07, 6.45) is -0.135. The van der Waals surface area contributed by atoms with E-state index in [4.69, 9.17) is 14.6 Å². The zero-order chi connectivity index (χ0) is 10.8. The molecule has 2 atom stereocenters. The summed E-state index contributed by atoms with van der Waals surface area (Å²) in [7, 11) is 0. The van der Waals surface area contributed by atoms with E-state index in [0.717, 1.165) is 0 Å². The Morgan fingerprint density at radius 3 is 2.71 bits per heavy atom. The first-order valence-electron chi connectivity index (χ1n) is 4.45. The van der Waals surface area contributed by atoms with E-state index < -0.39 is 24.0 Å². The maximum atomic E-state index is 10.6. The van der Waals surface area contributed by atoms with Crippen LogP contribution in [0.4, 0.5) is 0 Å². The predicted octanol–water partition coefficient (Wildman–Crippen LogP) is 0.570. The van der Waals surface area contributed by atoms with Gasteiger partial charge in [-0.1, -0.05) is 0 Å². The van der Waals surface area contributed by atoms with Gasteiger partial charge in [0.05, 0.1) is 12.5 Å². The second kappa shape index (κ2) is 4.06. The van der Waals surface area contributed by atoms with E-state index in [0.29, 0.717) is 12.7 Å². The van der Waals surface area contributed by atoms with Crippen molar-refractivity contribution in [1.29, 1.82) is 0 Å². The lowest BCUT2D eigenvalue weighted by molar-refractivity contribution is -0.291. The smallest absolute Gasteiger partial charge is 0.305 e. The number of aldehydes is 1. The first kappa shape index (κ1) is 11.1. The number of aliphatic carboxylic acids is 1. The molecule has 0 aliphatic carbocycles. The van der Waals surface area contributed by atoms with Crippen LogP contribution in [0.25, 0.3) is 0 Å². The first-order chi connectivity index (χ1) is 6.43. The minimum absolute atomic E-state index is 0.100. The van der Waals surface area contributed by atoms with Crippen LogP contribution in [0, 0.1) is 0 Å². The van der Waals surface area contributed by atoms with Crippen molar-refractivity contribution in [2.75, 3.05) is 0 Å². The molecule has 0 spiro atoms. The van der Waals surface area contributed by atoms with Crippen molar-refractivity contribution < 1.29 is 24.2 Å². The van der Waals surface area contributed by atoms with E-state index in [2.05, 4.69) is 0 Å². The molecule has 14 heavy (non-hydrogen) atoms. The van der Waals surface area contributed by atoms with Crippen molar-refractivity contribution in [3.05, 3.63) is 0 Å². The zero-order valence-corrected chi connectivity index (χ0v) is 8.23. The highest BCUT2D eigenvalue weighted by Gasteiger charge is 2.36. The first-order valence-corrected chi connectivity index (χ1v) is 4.45. The third-order valence-corrected chi connectivity index (χ3v) is 1.93.